The highest BCUT2D eigenvalue weighted by Gasteiger charge is 2.05. The summed E-state index contributed by atoms with van der Waals surface area (Å²) in [4.78, 5) is 10.6. The third-order valence-electron chi connectivity index (χ3n) is 2.41. The third-order valence-corrected chi connectivity index (χ3v) is 2.41. The van der Waals surface area contributed by atoms with Crippen molar-refractivity contribution in [2.75, 3.05) is 6.26 Å². The van der Waals surface area contributed by atoms with E-state index in [0.717, 1.165) is 23.6 Å². The number of rotatable bonds is 4. The number of hydrogen-bond acceptors (Lipinski definition) is 4. The number of aryl methyl sites for hydroxylation is 1. The van der Waals surface area contributed by atoms with Crippen LogP contribution < -0.4 is 10.4 Å². The van der Waals surface area contributed by atoms with Crippen molar-refractivity contribution in [1.29, 1.82) is 0 Å². The zero-order chi connectivity index (χ0) is 15.0. The predicted octanol–water partition coefficient (Wildman–Crippen LogP) is 0.283. The molecule has 0 aliphatic rings. The van der Waals surface area contributed by atoms with Crippen molar-refractivity contribution in [3.8, 4) is 0 Å². The maximum Gasteiger partial charge on any atom is 0.217 e. The molecule has 7 heteroatoms. The van der Waals surface area contributed by atoms with Gasteiger partial charge in [-0.3, -0.25) is 9.00 Å². The Bertz CT molecular complexity index is 600. The van der Waals surface area contributed by atoms with Gasteiger partial charge in [0.25, 0.3) is 0 Å². The molecule has 1 aromatic heterocycles. The van der Waals surface area contributed by atoms with Crippen LogP contribution in [0.15, 0.2) is 36.5 Å². The lowest BCUT2D eigenvalue weighted by Crippen LogP contribution is -2.37. The van der Waals surface area contributed by atoms with E-state index in [1.165, 1.54) is 0 Å². The zero-order valence-corrected chi connectivity index (χ0v) is 12.0. The number of nitrogens with two attached hydrogens (primary N) is 1. The summed E-state index contributed by atoms with van der Waals surface area (Å²) < 4.78 is 19.8. The van der Waals surface area contributed by atoms with E-state index in [1.54, 1.807) is 0 Å². The molecule has 20 heavy (non-hydrogen) atoms. The SMILES string of the molecule is CS(=O)[O-].NC(=O)CCC[n+]1ccc2ccccc2n1. The largest absolute Gasteiger partial charge is 0.773 e. The number of carbonyl (C=O) groups excluding carboxylic acids is 1. The van der Waals surface area contributed by atoms with Gasteiger partial charge in [0.15, 0.2) is 12.7 Å². The van der Waals surface area contributed by atoms with Crippen LogP contribution in [-0.2, 0) is 22.4 Å². The van der Waals surface area contributed by atoms with Gasteiger partial charge in [0.1, 0.15) is 5.52 Å². The average Bonchev–Trinajstić information content (AvgIpc) is 2.37. The zero-order valence-electron chi connectivity index (χ0n) is 11.2. The molecule has 0 aliphatic heterocycles. The van der Waals surface area contributed by atoms with Gasteiger partial charge in [-0.25, -0.2) is 0 Å². The van der Waals surface area contributed by atoms with Gasteiger partial charge in [-0.15, -0.1) is 0 Å². The lowest BCUT2D eigenvalue weighted by molar-refractivity contribution is -0.751. The third kappa shape index (κ3) is 6.35. The van der Waals surface area contributed by atoms with Crippen LogP contribution in [-0.4, -0.2) is 26.0 Å². The van der Waals surface area contributed by atoms with E-state index in [9.17, 15) is 4.79 Å². The Morgan fingerprint density at radius 2 is 2.05 bits per heavy atom. The molecule has 2 N–H and O–H groups in total. The summed E-state index contributed by atoms with van der Waals surface area (Å²) in [5, 5.41) is 5.56. The first-order valence-corrected chi connectivity index (χ1v) is 7.52. The van der Waals surface area contributed by atoms with Crippen LogP contribution in [0.4, 0.5) is 0 Å². The highest BCUT2D eigenvalue weighted by Crippen LogP contribution is 2.06. The van der Waals surface area contributed by atoms with Gasteiger partial charge in [0, 0.05) is 29.4 Å². The predicted molar refractivity (Wildman–Crippen MR) is 75.2 cm³/mol. The standard InChI is InChI=1S/C12H13N3O.CH4O2S/c13-12(16)6-3-8-15-9-7-10-4-1-2-5-11(10)14-15;1-4(2)3/h1-2,4-5,7,9H,3,6,8H2,(H-,13,16);1H3,(H,2,3). The van der Waals surface area contributed by atoms with Crippen LogP contribution in [0.1, 0.15) is 12.8 Å². The molecule has 6 nitrogen and oxygen atoms in total. The molecule has 0 fully saturated rings. The summed E-state index contributed by atoms with van der Waals surface area (Å²) in [6, 6.07) is 9.97. The Morgan fingerprint density at radius 3 is 2.70 bits per heavy atom. The quantitative estimate of drug-likeness (QED) is 0.647. The van der Waals surface area contributed by atoms with E-state index in [0.29, 0.717) is 13.0 Å². The molecule has 0 saturated carbocycles. The molecule has 2 aromatic rings. The van der Waals surface area contributed by atoms with Crippen LogP contribution in [0.25, 0.3) is 10.9 Å². The van der Waals surface area contributed by atoms with Crippen LogP contribution in [0, 0.1) is 0 Å². The molecule has 0 bridgehead atoms. The Hall–Kier alpha value is -1.86. The van der Waals surface area contributed by atoms with Crippen molar-refractivity contribution in [3.63, 3.8) is 0 Å². The molecule has 108 valence electrons. The van der Waals surface area contributed by atoms with Crippen molar-refractivity contribution in [2.45, 2.75) is 19.4 Å². The molecule has 0 aliphatic carbocycles. The highest BCUT2D eigenvalue weighted by molar-refractivity contribution is 7.78. The minimum Gasteiger partial charge on any atom is -0.773 e. The number of amides is 1. The maximum atomic E-state index is 10.6. The van der Waals surface area contributed by atoms with Crippen molar-refractivity contribution in [3.05, 3.63) is 36.5 Å². The fourth-order valence-electron chi connectivity index (χ4n) is 1.60. The van der Waals surface area contributed by atoms with Crippen molar-refractivity contribution < 1.29 is 18.2 Å². The second kappa shape index (κ2) is 8.34. The van der Waals surface area contributed by atoms with Crippen molar-refractivity contribution >= 4 is 27.9 Å². The Kier molecular flexibility index (Phi) is 6.75. The van der Waals surface area contributed by atoms with Gasteiger partial charge < -0.3 is 10.3 Å². The minimum atomic E-state index is -1.86. The van der Waals surface area contributed by atoms with Gasteiger partial charge >= 0.3 is 0 Å². The van der Waals surface area contributed by atoms with E-state index >= 15 is 0 Å². The van der Waals surface area contributed by atoms with Crippen molar-refractivity contribution in [1.82, 2.24) is 5.10 Å². The number of fused-ring (bicyclic) bond motifs is 1. The summed E-state index contributed by atoms with van der Waals surface area (Å²) in [5.74, 6) is -0.263. The average molecular weight is 295 g/mol. The molecule has 1 unspecified atom stereocenters. The molecule has 1 aromatic carbocycles. The molecule has 1 heterocycles. The Morgan fingerprint density at radius 1 is 1.40 bits per heavy atom. The lowest BCUT2D eigenvalue weighted by Gasteiger charge is -1.96. The lowest BCUT2D eigenvalue weighted by atomic mass is 10.2. The smallest absolute Gasteiger partial charge is 0.217 e. The first-order chi connectivity index (χ1) is 9.49. The van der Waals surface area contributed by atoms with Gasteiger partial charge in [-0.05, 0) is 12.3 Å². The van der Waals surface area contributed by atoms with Crippen molar-refractivity contribution in [2.24, 2.45) is 5.73 Å². The van der Waals surface area contributed by atoms with Gasteiger partial charge in [-0.1, -0.05) is 34.0 Å². The molecule has 0 saturated heterocycles. The fraction of sp³-hybridized carbons (Fsp3) is 0.308. The van der Waals surface area contributed by atoms with Crippen LogP contribution >= 0.6 is 0 Å². The summed E-state index contributed by atoms with van der Waals surface area (Å²) in [6.45, 7) is 0.716. The molecular formula is C13H17N3O3S. The minimum absolute atomic E-state index is 0.263. The number of hydrogen-bond donors (Lipinski definition) is 1. The first kappa shape index (κ1) is 16.2. The van der Waals surface area contributed by atoms with Gasteiger partial charge in [0.2, 0.25) is 5.91 Å². The summed E-state index contributed by atoms with van der Waals surface area (Å²) in [6.07, 6.45) is 4.14. The van der Waals surface area contributed by atoms with E-state index in [2.05, 4.69) is 5.10 Å². The van der Waals surface area contributed by atoms with Crippen LogP contribution in [0.3, 0.4) is 0 Å². The topological polar surface area (TPSA) is 100.0 Å². The summed E-state index contributed by atoms with van der Waals surface area (Å²) >= 11 is -1.86. The highest BCUT2D eigenvalue weighted by atomic mass is 32.2. The van der Waals surface area contributed by atoms with Crippen LogP contribution in [0.2, 0.25) is 0 Å². The molecule has 1 atom stereocenters. The number of nitrogens with zero attached hydrogens (tertiary/aromatic N) is 2. The summed E-state index contributed by atoms with van der Waals surface area (Å²) in [5.41, 5.74) is 6.04. The van der Waals surface area contributed by atoms with Gasteiger partial charge in [0.05, 0.1) is 0 Å². The number of primary amides is 1. The second-order valence-electron chi connectivity index (χ2n) is 4.11. The molecule has 1 amide bonds. The van der Waals surface area contributed by atoms with E-state index in [1.807, 2.05) is 41.2 Å². The number of carbonyl (C=O) groups is 1. The maximum absolute atomic E-state index is 10.6. The molecular weight excluding hydrogens is 278 g/mol. The monoisotopic (exact) mass is 295 g/mol. The van der Waals surface area contributed by atoms with Crippen LogP contribution in [0.5, 0.6) is 0 Å². The second-order valence-corrected chi connectivity index (χ2v) is 4.91. The van der Waals surface area contributed by atoms with Gasteiger partial charge in [-0.2, -0.15) is 0 Å². The van der Waals surface area contributed by atoms with E-state index < -0.39 is 11.1 Å². The normalized spacial score (nSPS) is 11.5. The molecule has 0 radical (unpaired) electrons. The first-order valence-electron chi connectivity index (χ1n) is 6.04. The molecule has 0 spiro atoms. The Labute approximate surface area is 119 Å². The number of benzene rings is 1. The van der Waals surface area contributed by atoms with E-state index in [4.69, 9.17) is 14.5 Å². The number of aromatic nitrogens is 2. The fourth-order valence-corrected chi connectivity index (χ4v) is 1.60. The molecule has 2 rings (SSSR count). The Balaban J connectivity index is 0.000000444. The van der Waals surface area contributed by atoms with E-state index in [-0.39, 0.29) is 5.91 Å². The summed E-state index contributed by atoms with van der Waals surface area (Å²) in [7, 11) is 0.